The van der Waals surface area contributed by atoms with Crippen molar-refractivity contribution in [2.75, 3.05) is 0 Å². The number of para-hydroxylation sites is 1. The summed E-state index contributed by atoms with van der Waals surface area (Å²) in [4.78, 5) is 14.8. The van der Waals surface area contributed by atoms with Crippen LogP contribution in [0.4, 0.5) is 0 Å². The van der Waals surface area contributed by atoms with E-state index in [1.807, 2.05) is 72.8 Å². The molecule has 10 aromatic rings. The fourth-order valence-electron chi connectivity index (χ4n) is 6.99. The van der Waals surface area contributed by atoms with E-state index in [1.54, 1.807) is 11.3 Å². The van der Waals surface area contributed by atoms with Crippen molar-refractivity contribution in [1.82, 2.24) is 15.0 Å². The quantitative estimate of drug-likeness (QED) is 0.185. The van der Waals surface area contributed by atoms with Gasteiger partial charge in [0.15, 0.2) is 17.5 Å². The molecule has 0 amide bonds. The molecule has 5 heteroatoms. The van der Waals surface area contributed by atoms with Gasteiger partial charge in [0.25, 0.3) is 0 Å². The second-order valence-electron chi connectivity index (χ2n) is 12.4. The average Bonchev–Trinajstić information content (AvgIpc) is 3.76. The molecule has 50 heavy (non-hydrogen) atoms. The van der Waals surface area contributed by atoms with E-state index in [4.69, 9.17) is 19.4 Å². The first-order valence-electron chi connectivity index (χ1n) is 16.6. The molecule has 0 bridgehead atoms. The van der Waals surface area contributed by atoms with E-state index < -0.39 is 0 Å². The fraction of sp³-hybridized carbons (Fsp3) is 0. The SMILES string of the molecule is c1ccc(-c2nc(-c3ccccc3)nc(-c3ccc4c(c3)sc3cccc(-c5ccccc5-c5ccc6oc7ccccc7c6c5)c34)n2)cc1. The lowest BCUT2D eigenvalue weighted by Gasteiger charge is -2.12. The smallest absolute Gasteiger partial charge is 0.164 e. The highest BCUT2D eigenvalue weighted by Crippen LogP contribution is 2.44. The summed E-state index contributed by atoms with van der Waals surface area (Å²) >= 11 is 1.80. The molecule has 4 nitrogen and oxygen atoms in total. The molecule has 10 rings (SSSR count). The summed E-state index contributed by atoms with van der Waals surface area (Å²) in [6.07, 6.45) is 0. The Kier molecular flexibility index (Phi) is 6.64. The third-order valence-electron chi connectivity index (χ3n) is 9.36. The van der Waals surface area contributed by atoms with Gasteiger partial charge in [-0.05, 0) is 52.6 Å². The number of nitrogens with zero attached hydrogens (tertiary/aromatic N) is 3. The van der Waals surface area contributed by atoms with E-state index in [9.17, 15) is 0 Å². The maximum absolute atomic E-state index is 6.14. The summed E-state index contributed by atoms with van der Waals surface area (Å²) in [6, 6.07) is 56.9. The van der Waals surface area contributed by atoms with Gasteiger partial charge in [0, 0.05) is 47.6 Å². The van der Waals surface area contributed by atoms with Crippen LogP contribution < -0.4 is 0 Å². The van der Waals surface area contributed by atoms with Crippen molar-refractivity contribution in [2.45, 2.75) is 0 Å². The van der Waals surface area contributed by atoms with Crippen molar-refractivity contribution < 1.29 is 4.42 Å². The van der Waals surface area contributed by atoms with Gasteiger partial charge in [0.2, 0.25) is 0 Å². The molecular weight excluding hydrogens is 631 g/mol. The largest absolute Gasteiger partial charge is 0.456 e. The molecule has 0 unspecified atom stereocenters. The van der Waals surface area contributed by atoms with Crippen LogP contribution in [0.2, 0.25) is 0 Å². The number of thiophene rings is 1. The lowest BCUT2D eigenvalue weighted by Crippen LogP contribution is -1.99. The second-order valence-corrected chi connectivity index (χ2v) is 13.5. The zero-order valence-corrected chi connectivity index (χ0v) is 27.6. The third-order valence-corrected chi connectivity index (χ3v) is 10.5. The lowest BCUT2D eigenvalue weighted by molar-refractivity contribution is 0.669. The Hall–Kier alpha value is -6.43. The Labute approximate surface area is 292 Å². The maximum Gasteiger partial charge on any atom is 0.164 e. The molecule has 0 fully saturated rings. The molecule has 0 saturated heterocycles. The van der Waals surface area contributed by atoms with Crippen molar-refractivity contribution in [3.8, 4) is 56.4 Å². The number of hydrogen-bond acceptors (Lipinski definition) is 5. The summed E-state index contributed by atoms with van der Waals surface area (Å²) in [5, 5.41) is 4.74. The van der Waals surface area contributed by atoms with Crippen LogP contribution in [0.25, 0.3) is 98.5 Å². The Bertz CT molecular complexity index is 2820. The average molecular weight is 658 g/mol. The molecule has 0 radical (unpaired) electrons. The molecule has 0 atom stereocenters. The van der Waals surface area contributed by atoms with Crippen molar-refractivity contribution in [2.24, 2.45) is 0 Å². The summed E-state index contributed by atoms with van der Waals surface area (Å²) in [5.74, 6) is 1.97. The number of rotatable bonds is 5. The first-order chi connectivity index (χ1) is 24.8. The molecular formula is C45H27N3OS. The van der Waals surface area contributed by atoms with Crippen LogP contribution in [-0.2, 0) is 0 Å². The van der Waals surface area contributed by atoms with Crippen LogP contribution in [0.1, 0.15) is 0 Å². The van der Waals surface area contributed by atoms with Crippen LogP contribution in [0.15, 0.2) is 168 Å². The molecule has 0 spiro atoms. The highest BCUT2D eigenvalue weighted by molar-refractivity contribution is 7.26. The van der Waals surface area contributed by atoms with Gasteiger partial charge < -0.3 is 4.42 Å². The Balaban J connectivity index is 1.12. The Morgan fingerprint density at radius 1 is 0.360 bits per heavy atom. The minimum atomic E-state index is 0.657. The first-order valence-corrected chi connectivity index (χ1v) is 17.4. The molecule has 3 aromatic heterocycles. The van der Waals surface area contributed by atoms with Crippen molar-refractivity contribution in [3.05, 3.63) is 164 Å². The Morgan fingerprint density at radius 2 is 0.960 bits per heavy atom. The zero-order chi connectivity index (χ0) is 33.0. The molecule has 7 aromatic carbocycles. The zero-order valence-electron chi connectivity index (χ0n) is 26.7. The van der Waals surface area contributed by atoms with E-state index in [1.165, 1.54) is 36.9 Å². The molecule has 234 valence electrons. The van der Waals surface area contributed by atoms with Gasteiger partial charge in [0.05, 0.1) is 0 Å². The fourth-order valence-corrected chi connectivity index (χ4v) is 8.16. The van der Waals surface area contributed by atoms with Crippen molar-refractivity contribution in [1.29, 1.82) is 0 Å². The molecule has 3 heterocycles. The molecule has 0 N–H and O–H groups in total. The van der Waals surface area contributed by atoms with E-state index in [-0.39, 0.29) is 0 Å². The normalized spacial score (nSPS) is 11.6. The molecule has 0 aliphatic rings. The highest BCUT2D eigenvalue weighted by Gasteiger charge is 2.18. The number of fused-ring (bicyclic) bond motifs is 6. The monoisotopic (exact) mass is 657 g/mol. The number of benzene rings is 7. The number of hydrogen-bond donors (Lipinski definition) is 0. The molecule has 0 saturated carbocycles. The second kappa shape index (κ2) is 11.6. The standard InChI is InChI=1S/C45H27N3OS/c1-3-12-28(13-4-1)43-46-44(29-14-5-2-6-15-29)48-45(47-43)31-22-24-36-41(27-31)50-40-21-11-19-35(42(36)40)33-17-8-7-16-32(33)30-23-25-39-37(26-30)34-18-9-10-20-38(34)49-39/h1-27H. The third kappa shape index (κ3) is 4.79. The highest BCUT2D eigenvalue weighted by atomic mass is 32.1. The van der Waals surface area contributed by atoms with E-state index in [2.05, 4.69) is 91.0 Å². The van der Waals surface area contributed by atoms with E-state index >= 15 is 0 Å². The van der Waals surface area contributed by atoms with Gasteiger partial charge in [-0.3, -0.25) is 0 Å². The maximum atomic E-state index is 6.14. The predicted octanol–water partition coefficient (Wildman–Crippen LogP) is 12.5. The van der Waals surface area contributed by atoms with Gasteiger partial charge in [0.1, 0.15) is 11.2 Å². The van der Waals surface area contributed by atoms with Gasteiger partial charge in [-0.1, -0.05) is 133 Å². The van der Waals surface area contributed by atoms with Crippen molar-refractivity contribution >= 4 is 53.4 Å². The lowest BCUT2D eigenvalue weighted by atomic mass is 9.91. The summed E-state index contributed by atoms with van der Waals surface area (Å²) < 4.78 is 8.58. The molecule has 0 aliphatic heterocycles. The topological polar surface area (TPSA) is 51.8 Å². The minimum Gasteiger partial charge on any atom is -0.456 e. The van der Waals surface area contributed by atoms with Gasteiger partial charge in [-0.15, -0.1) is 11.3 Å². The van der Waals surface area contributed by atoms with Crippen LogP contribution >= 0.6 is 11.3 Å². The Morgan fingerprint density at radius 3 is 1.72 bits per heavy atom. The molecule has 0 aliphatic carbocycles. The van der Waals surface area contributed by atoms with Gasteiger partial charge in [-0.2, -0.15) is 0 Å². The van der Waals surface area contributed by atoms with Gasteiger partial charge in [-0.25, -0.2) is 15.0 Å². The summed E-state index contributed by atoms with van der Waals surface area (Å²) in [5.41, 5.74) is 9.46. The van der Waals surface area contributed by atoms with Crippen LogP contribution in [0.3, 0.4) is 0 Å². The van der Waals surface area contributed by atoms with Crippen molar-refractivity contribution in [3.63, 3.8) is 0 Å². The number of furan rings is 1. The summed E-state index contributed by atoms with van der Waals surface area (Å²) in [6.45, 7) is 0. The van der Waals surface area contributed by atoms with Gasteiger partial charge >= 0.3 is 0 Å². The van der Waals surface area contributed by atoms with Crippen LogP contribution in [0.5, 0.6) is 0 Å². The van der Waals surface area contributed by atoms with E-state index in [0.717, 1.165) is 44.2 Å². The summed E-state index contributed by atoms with van der Waals surface area (Å²) in [7, 11) is 0. The van der Waals surface area contributed by atoms with Crippen LogP contribution in [0, 0.1) is 0 Å². The minimum absolute atomic E-state index is 0.657. The first kappa shape index (κ1) is 28.6. The van der Waals surface area contributed by atoms with Crippen LogP contribution in [-0.4, -0.2) is 15.0 Å². The predicted molar refractivity (Wildman–Crippen MR) is 207 cm³/mol. The number of aromatic nitrogens is 3. The van der Waals surface area contributed by atoms with E-state index in [0.29, 0.717) is 17.5 Å².